The van der Waals surface area contributed by atoms with Crippen molar-refractivity contribution in [1.29, 1.82) is 0 Å². The lowest BCUT2D eigenvalue weighted by atomic mass is 10.1. The Balaban J connectivity index is 2.46. The Hall–Kier alpha value is -2.27. The van der Waals surface area contributed by atoms with Crippen LogP contribution in [0.3, 0.4) is 0 Å². The predicted octanol–water partition coefficient (Wildman–Crippen LogP) is 2.70. The summed E-state index contributed by atoms with van der Waals surface area (Å²) in [6, 6.07) is 4.73. The van der Waals surface area contributed by atoms with E-state index in [1.54, 1.807) is 6.92 Å². The Bertz CT molecular complexity index is 1020. The largest absolute Gasteiger partial charge is 0.269 e. The molecular weight excluding hydrogens is 322 g/mol. The molecule has 1 aromatic carbocycles. The van der Waals surface area contributed by atoms with Gasteiger partial charge in [-0.15, -0.1) is 0 Å². The van der Waals surface area contributed by atoms with Gasteiger partial charge in [0.25, 0.3) is 5.56 Å². The Kier molecular flexibility index (Phi) is 3.90. The van der Waals surface area contributed by atoms with E-state index in [0.717, 1.165) is 28.5 Å². The van der Waals surface area contributed by atoms with Crippen LogP contribution >= 0.6 is 11.6 Å². The fraction of sp³-hybridized carbons (Fsp3) is 0.176. The van der Waals surface area contributed by atoms with Gasteiger partial charge in [0.05, 0.1) is 5.69 Å². The normalized spacial score (nSPS) is 14.0. The van der Waals surface area contributed by atoms with Crippen molar-refractivity contribution in [3.05, 3.63) is 73.3 Å². The van der Waals surface area contributed by atoms with Gasteiger partial charge < -0.3 is 0 Å². The molecule has 2 heterocycles. The van der Waals surface area contributed by atoms with Crippen molar-refractivity contribution in [3.8, 4) is 5.69 Å². The summed E-state index contributed by atoms with van der Waals surface area (Å²) < 4.78 is 28.0. The number of aryl methyl sites for hydroxylation is 1. The lowest BCUT2D eigenvalue weighted by molar-refractivity contribution is 0.507. The molecule has 0 amide bonds. The monoisotopic (exact) mass is 334 g/mol. The average molecular weight is 335 g/mol. The molecule has 3 rings (SSSR count). The summed E-state index contributed by atoms with van der Waals surface area (Å²) in [6.45, 7) is 3.65. The molecular formula is C17H13ClF2N2O. The summed E-state index contributed by atoms with van der Waals surface area (Å²) in [4.78, 5) is 16.8. The first-order valence-electron chi connectivity index (χ1n) is 7.00. The fourth-order valence-corrected chi connectivity index (χ4v) is 2.65. The maximum atomic E-state index is 13.6. The highest BCUT2D eigenvalue weighted by atomic mass is 35.5. The van der Waals surface area contributed by atoms with Gasteiger partial charge in [0.2, 0.25) is 0 Å². The quantitative estimate of drug-likeness (QED) is 0.738. The molecule has 0 N–H and O–H groups in total. The van der Waals surface area contributed by atoms with Crippen molar-refractivity contribution in [2.24, 2.45) is 4.99 Å². The Morgan fingerprint density at radius 2 is 1.91 bits per heavy atom. The van der Waals surface area contributed by atoms with Crippen LogP contribution in [0.5, 0.6) is 0 Å². The van der Waals surface area contributed by atoms with Gasteiger partial charge in [-0.05, 0) is 43.5 Å². The van der Waals surface area contributed by atoms with Gasteiger partial charge in [0, 0.05) is 17.4 Å². The van der Waals surface area contributed by atoms with Crippen LogP contribution in [0.1, 0.15) is 18.9 Å². The van der Waals surface area contributed by atoms with E-state index in [4.69, 9.17) is 11.6 Å². The summed E-state index contributed by atoms with van der Waals surface area (Å²) in [5, 5.41) is 1.05. The van der Waals surface area contributed by atoms with Crippen LogP contribution in [0.25, 0.3) is 11.8 Å². The number of halogens is 3. The van der Waals surface area contributed by atoms with E-state index in [1.165, 1.54) is 16.7 Å². The Labute approximate surface area is 135 Å². The molecule has 1 aliphatic heterocycles. The minimum absolute atomic E-state index is 0.200. The maximum Gasteiger partial charge on any atom is 0.257 e. The molecule has 0 spiro atoms. The summed E-state index contributed by atoms with van der Waals surface area (Å²) in [5.74, 6) is -2.00. The van der Waals surface area contributed by atoms with Gasteiger partial charge in [0.1, 0.15) is 10.6 Å². The van der Waals surface area contributed by atoms with Gasteiger partial charge >= 0.3 is 0 Å². The van der Waals surface area contributed by atoms with E-state index in [1.807, 2.05) is 13.0 Å². The second-order valence-electron chi connectivity index (χ2n) is 5.43. The van der Waals surface area contributed by atoms with Crippen molar-refractivity contribution >= 4 is 17.7 Å². The van der Waals surface area contributed by atoms with Crippen LogP contribution in [0, 0.1) is 18.6 Å². The first-order valence-corrected chi connectivity index (χ1v) is 7.38. The van der Waals surface area contributed by atoms with Gasteiger partial charge in [-0.2, -0.15) is 0 Å². The zero-order valence-electron chi connectivity index (χ0n) is 12.5. The van der Waals surface area contributed by atoms with Gasteiger partial charge in [-0.25, -0.2) is 13.8 Å². The average Bonchev–Trinajstić information content (AvgIpc) is 2.63. The molecule has 118 valence electrons. The zero-order chi connectivity index (χ0) is 16.7. The van der Waals surface area contributed by atoms with Crippen LogP contribution in [-0.4, -0.2) is 4.57 Å². The van der Waals surface area contributed by atoms with Crippen molar-refractivity contribution in [2.75, 3.05) is 0 Å². The van der Waals surface area contributed by atoms with Crippen LogP contribution in [-0.2, 0) is 0 Å². The van der Waals surface area contributed by atoms with E-state index in [-0.39, 0.29) is 11.2 Å². The first-order chi connectivity index (χ1) is 10.9. The summed E-state index contributed by atoms with van der Waals surface area (Å²) >= 11 is 6.16. The molecule has 23 heavy (non-hydrogen) atoms. The number of nitrogens with zero attached hydrogens (tertiary/aromatic N) is 2. The smallest absolute Gasteiger partial charge is 0.257 e. The first kappa shape index (κ1) is 15.6. The lowest BCUT2D eigenvalue weighted by Gasteiger charge is -2.09. The molecule has 0 aliphatic carbocycles. The molecule has 1 aliphatic rings. The highest BCUT2D eigenvalue weighted by molar-refractivity contribution is 6.29. The molecule has 0 saturated heterocycles. The Morgan fingerprint density at radius 1 is 1.17 bits per heavy atom. The molecule has 3 nitrogen and oxygen atoms in total. The summed E-state index contributed by atoms with van der Waals surface area (Å²) in [7, 11) is 0. The number of rotatable bonds is 1. The van der Waals surface area contributed by atoms with Crippen molar-refractivity contribution in [1.82, 2.24) is 4.57 Å². The van der Waals surface area contributed by atoms with Crippen molar-refractivity contribution in [3.63, 3.8) is 0 Å². The Morgan fingerprint density at radius 3 is 2.61 bits per heavy atom. The predicted molar refractivity (Wildman–Crippen MR) is 85.1 cm³/mol. The van der Waals surface area contributed by atoms with Crippen LogP contribution < -0.4 is 16.3 Å². The number of aromatic nitrogens is 1. The number of allylic oxidation sites excluding steroid dienone is 1. The topological polar surface area (TPSA) is 34.4 Å². The number of pyridine rings is 1. The molecule has 0 saturated carbocycles. The van der Waals surface area contributed by atoms with Crippen molar-refractivity contribution < 1.29 is 8.78 Å². The lowest BCUT2D eigenvalue weighted by Crippen LogP contribution is -2.43. The minimum atomic E-state index is -1.03. The zero-order valence-corrected chi connectivity index (χ0v) is 13.3. The van der Waals surface area contributed by atoms with E-state index >= 15 is 0 Å². The van der Waals surface area contributed by atoms with E-state index in [0.29, 0.717) is 17.1 Å². The van der Waals surface area contributed by atoms with Crippen molar-refractivity contribution in [2.45, 2.75) is 20.3 Å². The highest BCUT2D eigenvalue weighted by Crippen LogP contribution is 2.15. The summed E-state index contributed by atoms with van der Waals surface area (Å²) in [6.07, 6.45) is 2.53. The molecule has 2 aromatic rings. The molecule has 1 aromatic heterocycles. The second-order valence-corrected chi connectivity index (χ2v) is 5.79. The number of fused-ring (bicyclic) bond motifs is 1. The standard InChI is InChI=1S/C17H13ClF2N2O/c1-9-3-5-12-10(2)7-15(23)22(17(12)21-16(9)18)11-4-6-13(19)14(20)8-11/h4-8H,3H2,1-2H3. The third-order valence-corrected chi connectivity index (χ3v) is 4.18. The van der Waals surface area contributed by atoms with Gasteiger partial charge in [-0.3, -0.25) is 9.36 Å². The number of benzene rings is 1. The van der Waals surface area contributed by atoms with Gasteiger partial charge in [-0.1, -0.05) is 17.7 Å². The fourth-order valence-electron chi connectivity index (χ4n) is 2.49. The molecule has 0 bridgehead atoms. The summed E-state index contributed by atoms with van der Waals surface area (Å²) in [5.41, 5.74) is 1.76. The minimum Gasteiger partial charge on any atom is -0.269 e. The molecule has 0 fully saturated rings. The SMILES string of the molecule is CC1=C(Cl)N=c2c(c(C)cc(=O)n2-c2ccc(F)c(F)c2)=CC1. The van der Waals surface area contributed by atoms with Crippen LogP contribution in [0.2, 0.25) is 0 Å². The molecule has 0 radical (unpaired) electrons. The van der Waals surface area contributed by atoms with E-state index in [9.17, 15) is 13.6 Å². The van der Waals surface area contributed by atoms with E-state index in [2.05, 4.69) is 4.99 Å². The second kappa shape index (κ2) is 5.74. The maximum absolute atomic E-state index is 13.6. The third kappa shape index (κ3) is 2.72. The van der Waals surface area contributed by atoms with Crippen LogP contribution in [0.15, 0.2) is 44.8 Å². The molecule has 0 unspecified atom stereocenters. The third-order valence-electron chi connectivity index (χ3n) is 3.77. The number of hydrogen-bond donors (Lipinski definition) is 0. The van der Waals surface area contributed by atoms with E-state index < -0.39 is 11.6 Å². The van der Waals surface area contributed by atoms with Gasteiger partial charge in [0.15, 0.2) is 11.6 Å². The molecule has 0 atom stereocenters. The van der Waals surface area contributed by atoms with Crippen LogP contribution in [0.4, 0.5) is 8.78 Å². The number of hydrogen-bond acceptors (Lipinski definition) is 2. The highest BCUT2D eigenvalue weighted by Gasteiger charge is 2.12. The molecule has 6 heteroatoms.